The number of aliphatic imine (C=N–C) groups is 2. The summed E-state index contributed by atoms with van der Waals surface area (Å²) in [7, 11) is 0. The average Bonchev–Trinajstić information content (AvgIpc) is 2.62. The Labute approximate surface area is 139 Å². The standard InChI is InChI=1S/C17H21FN4O2/c18-14-6-4-5-13(9-14)17(7-2-1-3-8-17)21-16-19-10-12(11-20-16)15(23)22-24/h4-6,9-10,12,24H,1-3,7-8,11H2,(H,20,21)(H,22,23). The second kappa shape index (κ2) is 7.09. The summed E-state index contributed by atoms with van der Waals surface area (Å²) >= 11 is 0. The fourth-order valence-electron chi connectivity index (χ4n) is 3.38. The monoisotopic (exact) mass is 332 g/mol. The van der Waals surface area contributed by atoms with E-state index in [0.29, 0.717) is 5.96 Å². The zero-order valence-electron chi connectivity index (χ0n) is 13.3. The van der Waals surface area contributed by atoms with Crippen molar-refractivity contribution in [2.45, 2.75) is 37.6 Å². The second-order valence-corrected chi connectivity index (χ2v) is 6.30. The van der Waals surface area contributed by atoms with Gasteiger partial charge < -0.3 is 5.32 Å². The number of hydroxylamine groups is 1. The molecule has 3 N–H and O–H groups in total. The summed E-state index contributed by atoms with van der Waals surface area (Å²) in [5.41, 5.74) is 2.12. The number of guanidine groups is 1. The minimum Gasteiger partial charge on any atom is -0.345 e. The van der Waals surface area contributed by atoms with Gasteiger partial charge in [0.25, 0.3) is 5.91 Å². The molecule has 6 nitrogen and oxygen atoms in total. The van der Waals surface area contributed by atoms with Gasteiger partial charge in [0, 0.05) is 6.21 Å². The number of carbonyl (C=O) groups is 1. The molecule has 1 aromatic carbocycles. The van der Waals surface area contributed by atoms with E-state index in [1.165, 1.54) is 12.3 Å². The Morgan fingerprint density at radius 1 is 1.29 bits per heavy atom. The van der Waals surface area contributed by atoms with Crippen LogP contribution in [-0.2, 0) is 10.3 Å². The van der Waals surface area contributed by atoms with Gasteiger partial charge in [-0.25, -0.2) is 14.9 Å². The van der Waals surface area contributed by atoms with E-state index in [-0.39, 0.29) is 17.9 Å². The lowest BCUT2D eigenvalue weighted by molar-refractivity contribution is -0.130. The van der Waals surface area contributed by atoms with E-state index >= 15 is 0 Å². The van der Waals surface area contributed by atoms with Crippen LogP contribution in [0.1, 0.15) is 37.7 Å². The third-order valence-electron chi connectivity index (χ3n) is 4.70. The van der Waals surface area contributed by atoms with Crippen LogP contribution in [0.4, 0.5) is 4.39 Å². The van der Waals surface area contributed by atoms with Gasteiger partial charge in [-0.05, 0) is 30.5 Å². The molecule has 0 radical (unpaired) electrons. The summed E-state index contributed by atoms with van der Waals surface area (Å²) in [6.07, 6.45) is 6.50. The molecule has 1 amide bonds. The number of nitrogens with zero attached hydrogens (tertiary/aromatic N) is 2. The molecular weight excluding hydrogens is 311 g/mol. The zero-order valence-corrected chi connectivity index (χ0v) is 13.3. The Hall–Kier alpha value is -2.28. The van der Waals surface area contributed by atoms with Crippen molar-refractivity contribution in [1.29, 1.82) is 0 Å². The van der Waals surface area contributed by atoms with Crippen molar-refractivity contribution < 1.29 is 14.4 Å². The fraction of sp³-hybridized carbons (Fsp3) is 0.471. The molecule has 24 heavy (non-hydrogen) atoms. The van der Waals surface area contributed by atoms with Crippen LogP contribution in [0.3, 0.4) is 0 Å². The van der Waals surface area contributed by atoms with Gasteiger partial charge >= 0.3 is 0 Å². The molecule has 1 aromatic rings. The van der Waals surface area contributed by atoms with Crippen molar-refractivity contribution >= 4 is 18.1 Å². The van der Waals surface area contributed by atoms with Crippen LogP contribution in [0.15, 0.2) is 34.3 Å². The average molecular weight is 332 g/mol. The highest BCUT2D eigenvalue weighted by atomic mass is 19.1. The first-order chi connectivity index (χ1) is 11.6. The van der Waals surface area contributed by atoms with Gasteiger partial charge in [0.05, 0.1) is 18.0 Å². The molecule has 3 rings (SSSR count). The summed E-state index contributed by atoms with van der Waals surface area (Å²) in [4.78, 5) is 19.9. The maximum atomic E-state index is 13.7. The highest BCUT2D eigenvalue weighted by molar-refractivity contribution is 6.00. The van der Waals surface area contributed by atoms with Crippen LogP contribution < -0.4 is 10.8 Å². The summed E-state index contributed by atoms with van der Waals surface area (Å²) < 4.78 is 13.7. The van der Waals surface area contributed by atoms with Crippen molar-refractivity contribution in [1.82, 2.24) is 10.8 Å². The summed E-state index contributed by atoms with van der Waals surface area (Å²) in [6.45, 7) is 0.220. The lowest BCUT2D eigenvalue weighted by Gasteiger charge is -2.39. The van der Waals surface area contributed by atoms with Crippen LogP contribution in [0.5, 0.6) is 0 Å². The normalized spacial score (nSPS) is 22.6. The molecule has 0 spiro atoms. The first-order valence-electron chi connectivity index (χ1n) is 8.20. The largest absolute Gasteiger partial charge is 0.345 e. The third-order valence-corrected chi connectivity index (χ3v) is 4.70. The Morgan fingerprint density at radius 2 is 2.08 bits per heavy atom. The number of halogens is 1. The number of hydrogen-bond donors (Lipinski definition) is 3. The molecule has 1 aliphatic heterocycles. The number of benzene rings is 1. The highest BCUT2D eigenvalue weighted by Crippen LogP contribution is 2.37. The topological polar surface area (TPSA) is 86.1 Å². The molecule has 1 aliphatic carbocycles. The van der Waals surface area contributed by atoms with Gasteiger partial charge in [-0.1, -0.05) is 31.4 Å². The smallest absolute Gasteiger partial charge is 0.253 e. The fourth-order valence-corrected chi connectivity index (χ4v) is 3.38. The molecule has 1 unspecified atom stereocenters. The Kier molecular flexibility index (Phi) is 4.89. The van der Waals surface area contributed by atoms with E-state index in [4.69, 9.17) is 5.21 Å². The van der Waals surface area contributed by atoms with Gasteiger partial charge in [0.1, 0.15) is 5.82 Å². The minimum atomic E-state index is -0.572. The lowest BCUT2D eigenvalue weighted by Crippen LogP contribution is -2.48. The molecule has 2 aliphatic rings. The van der Waals surface area contributed by atoms with Crippen LogP contribution in [0.2, 0.25) is 0 Å². The van der Waals surface area contributed by atoms with Crippen LogP contribution in [0.25, 0.3) is 0 Å². The molecular formula is C17H21FN4O2. The zero-order chi connectivity index (χ0) is 17.0. The molecule has 1 atom stereocenters. The number of hydrogen-bond acceptors (Lipinski definition) is 5. The first kappa shape index (κ1) is 16.6. The quantitative estimate of drug-likeness (QED) is 0.585. The number of carbonyl (C=O) groups excluding carboxylic acids is 1. The lowest BCUT2D eigenvalue weighted by atomic mass is 9.76. The van der Waals surface area contributed by atoms with Crippen molar-refractivity contribution in [3.8, 4) is 0 Å². The van der Waals surface area contributed by atoms with E-state index in [0.717, 1.165) is 37.7 Å². The van der Waals surface area contributed by atoms with E-state index in [1.54, 1.807) is 17.6 Å². The maximum Gasteiger partial charge on any atom is 0.253 e. The molecule has 7 heteroatoms. The minimum absolute atomic E-state index is 0.220. The predicted octanol–water partition coefficient (Wildman–Crippen LogP) is 2.14. The maximum absolute atomic E-state index is 13.7. The van der Waals surface area contributed by atoms with Crippen LogP contribution >= 0.6 is 0 Å². The second-order valence-electron chi connectivity index (χ2n) is 6.30. The van der Waals surface area contributed by atoms with Crippen LogP contribution in [0, 0.1) is 11.7 Å². The molecule has 0 saturated heterocycles. The predicted molar refractivity (Wildman–Crippen MR) is 88.5 cm³/mol. The van der Waals surface area contributed by atoms with Crippen molar-refractivity contribution in [2.75, 3.05) is 6.54 Å². The Bertz CT molecular complexity index is 668. The molecule has 1 fully saturated rings. The van der Waals surface area contributed by atoms with Crippen LogP contribution in [-0.4, -0.2) is 29.8 Å². The van der Waals surface area contributed by atoms with Gasteiger partial charge in [-0.15, -0.1) is 0 Å². The number of amides is 1. The van der Waals surface area contributed by atoms with Gasteiger partial charge in [-0.3, -0.25) is 15.0 Å². The van der Waals surface area contributed by atoms with Gasteiger partial charge in [-0.2, -0.15) is 0 Å². The molecule has 1 saturated carbocycles. The van der Waals surface area contributed by atoms with E-state index in [2.05, 4.69) is 15.3 Å². The van der Waals surface area contributed by atoms with Crippen molar-refractivity contribution in [3.63, 3.8) is 0 Å². The van der Waals surface area contributed by atoms with Crippen molar-refractivity contribution in [3.05, 3.63) is 35.6 Å². The summed E-state index contributed by atoms with van der Waals surface area (Å²) in [6, 6.07) is 6.65. The Morgan fingerprint density at radius 3 is 2.71 bits per heavy atom. The Balaban J connectivity index is 1.80. The molecule has 1 heterocycles. The van der Waals surface area contributed by atoms with E-state index in [9.17, 15) is 9.18 Å². The van der Waals surface area contributed by atoms with E-state index < -0.39 is 11.8 Å². The van der Waals surface area contributed by atoms with Gasteiger partial charge in [0.15, 0.2) is 0 Å². The molecule has 0 aromatic heterocycles. The molecule has 128 valence electrons. The first-order valence-corrected chi connectivity index (χ1v) is 8.20. The summed E-state index contributed by atoms with van der Waals surface area (Å²) in [5, 5.41) is 12.1. The number of nitrogens with one attached hydrogen (secondary N) is 2. The van der Waals surface area contributed by atoms with Crippen molar-refractivity contribution in [2.24, 2.45) is 15.9 Å². The highest BCUT2D eigenvalue weighted by Gasteiger charge is 2.35. The SMILES string of the molecule is O=C(NO)C1C=NC(NC2(c3cccc(F)c3)CCCCC2)=NC1. The molecule has 0 bridgehead atoms. The van der Waals surface area contributed by atoms with Gasteiger partial charge in [0.2, 0.25) is 5.96 Å². The number of rotatable bonds is 3. The van der Waals surface area contributed by atoms with E-state index in [1.807, 2.05) is 6.07 Å². The third kappa shape index (κ3) is 3.46. The summed E-state index contributed by atoms with van der Waals surface area (Å²) in [5.74, 6) is -0.910.